The van der Waals surface area contributed by atoms with E-state index in [1.807, 2.05) is 0 Å². The van der Waals surface area contributed by atoms with Crippen molar-refractivity contribution < 1.29 is 19.4 Å². The van der Waals surface area contributed by atoms with Crippen molar-refractivity contribution in [1.29, 1.82) is 0 Å². The van der Waals surface area contributed by atoms with E-state index in [9.17, 15) is 9.59 Å². The standard InChI is InChI=1S/C13H15ClN2O4/c1-4-5-16(2)13(19)15-10-7-11(20-3)8(12(17)18)6-9(10)14/h4,6-7H,1,5H2,2-3H3,(H,15,19)(H,17,18). The lowest BCUT2D eigenvalue weighted by Crippen LogP contribution is -2.31. The van der Waals surface area contributed by atoms with Crippen LogP contribution in [0.2, 0.25) is 5.02 Å². The van der Waals surface area contributed by atoms with E-state index in [0.29, 0.717) is 6.54 Å². The van der Waals surface area contributed by atoms with E-state index in [0.717, 1.165) is 0 Å². The molecule has 0 spiro atoms. The number of rotatable bonds is 5. The zero-order valence-corrected chi connectivity index (χ0v) is 11.9. The molecule has 1 aromatic rings. The maximum atomic E-state index is 11.8. The van der Waals surface area contributed by atoms with E-state index in [1.165, 1.54) is 24.1 Å². The summed E-state index contributed by atoms with van der Waals surface area (Å²) in [6.45, 7) is 3.90. The zero-order chi connectivity index (χ0) is 15.3. The summed E-state index contributed by atoms with van der Waals surface area (Å²) in [6.07, 6.45) is 1.58. The summed E-state index contributed by atoms with van der Waals surface area (Å²) in [4.78, 5) is 24.2. The van der Waals surface area contributed by atoms with Gasteiger partial charge in [0.2, 0.25) is 0 Å². The molecule has 0 unspecified atom stereocenters. The molecule has 1 aromatic carbocycles. The van der Waals surface area contributed by atoms with Crippen molar-refractivity contribution in [3.05, 3.63) is 35.4 Å². The Balaban J connectivity index is 3.05. The van der Waals surface area contributed by atoms with E-state index in [4.69, 9.17) is 21.4 Å². The van der Waals surface area contributed by atoms with Crippen molar-refractivity contribution in [3.8, 4) is 5.75 Å². The summed E-state index contributed by atoms with van der Waals surface area (Å²) < 4.78 is 4.97. The molecule has 0 bridgehead atoms. The fraction of sp³-hybridized carbons (Fsp3) is 0.231. The Morgan fingerprint density at radius 2 is 2.20 bits per heavy atom. The first-order chi connectivity index (χ1) is 9.40. The van der Waals surface area contributed by atoms with Crippen LogP contribution in [0.1, 0.15) is 10.4 Å². The number of amides is 2. The number of carboxylic acids is 1. The van der Waals surface area contributed by atoms with Crippen molar-refractivity contribution in [1.82, 2.24) is 4.90 Å². The first-order valence-electron chi connectivity index (χ1n) is 5.64. The number of halogens is 1. The average molecular weight is 299 g/mol. The van der Waals surface area contributed by atoms with Gasteiger partial charge in [-0.15, -0.1) is 6.58 Å². The minimum absolute atomic E-state index is 0.0741. The molecule has 0 saturated carbocycles. The summed E-state index contributed by atoms with van der Waals surface area (Å²) in [5.41, 5.74) is 0.198. The van der Waals surface area contributed by atoms with E-state index < -0.39 is 12.0 Å². The van der Waals surface area contributed by atoms with Gasteiger partial charge in [0.15, 0.2) is 0 Å². The molecule has 0 radical (unpaired) electrons. The normalized spacial score (nSPS) is 9.75. The molecule has 0 heterocycles. The molecule has 0 fully saturated rings. The maximum Gasteiger partial charge on any atom is 0.339 e. The maximum absolute atomic E-state index is 11.8. The highest BCUT2D eigenvalue weighted by atomic mass is 35.5. The van der Waals surface area contributed by atoms with Gasteiger partial charge in [0.05, 0.1) is 17.8 Å². The number of anilines is 1. The second-order valence-corrected chi connectivity index (χ2v) is 4.34. The van der Waals surface area contributed by atoms with Crippen molar-refractivity contribution >= 4 is 29.3 Å². The van der Waals surface area contributed by atoms with Gasteiger partial charge in [0.25, 0.3) is 0 Å². The first kappa shape index (κ1) is 15.8. The topological polar surface area (TPSA) is 78.9 Å². The highest BCUT2D eigenvalue weighted by Crippen LogP contribution is 2.31. The Labute approximate surface area is 121 Å². The zero-order valence-electron chi connectivity index (χ0n) is 11.1. The SMILES string of the molecule is C=CCN(C)C(=O)Nc1cc(OC)c(C(=O)O)cc1Cl. The molecule has 1 rings (SSSR count). The monoisotopic (exact) mass is 298 g/mol. The molecular weight excluding hydrogens is 284 g/mol. The van der Waals surface area contributed by atoms with E-state index in [2.05, 4.69) is 11.9 Å². The Bertz CT molecular complexity index is 545. The van der Waals surface area contributed by atoms with Crippen molar-refractivity contribution in [2.45, 2.75) is 0 Å². The summed E-state index contributed by atoms with van der Waals surface area (Å²) >= 11 is 5.96. The molecule has 6 nitrogen and oxygen atoms in total. The number of carboxylic acid groups (broad SMARTS) is 1. The number of benzene rings is 1. The summed E-state index contributed by atoms with van der Waals surface area (Å²) in [7, 11) is 2.93. The molecule has 108 valence electrons. The van der Waals surface area contributed by atoms with Gasteiger partial charge in [0.1, 0.15) is 11.3 Å². The number of ether oxygens (including phenoxy) is 1. The Hall–Kier alpha value is -2.21. The molecule has 2 amide bonds. The number of carbonyl (C=O) groups is 2. The third-order valence-corrected chi connectivity index (χ3v) is 2.82. The predicted octanol–water partition coefficient (Wildman–Crippen LogP) is 2.70. The number of methoxy groups -OCH3 is 1. The fourth-order valence-corrected chi connectivity index (χ4v) is 1.68. The number of aromatic carboxylic acids is 1. The number of nitrogens with zero attached hydrogens (tertiary/aromatic N) is 1. The number of carbonyl (C=O) groups excluding carboxylic acids is 1. The van der Waals surface area contributed by atoms with Crippen molar-refractivity contribution in [2.24, 2.45) is 0 Å². The Kier molecular flexibility index (Phi) is 5.40. The first-order valence-corrected chi connectivity index (χ1v) is 6.02. The highest BCUT2D eigenvalue weighted by Gasteiger charge is 2.17. The van der Waals surface area contributed by atoms with Crippen LogP contribution in [0, 0.1) is 0 Å². The van der Waals surface area contributed by atoms with Crippen LogP contribution < -0.4 is 10.1 Å². The van der Waals surface area contributed by atoms with Gasteiger partial charge in [-0.2, -0.15) is 0 Å². The van der Waals surface area contributed by atoms with Gasteiger partial charge < -0.3 is 20.1 Å². The molecule has 0 aliphatic carbocycles. The largest absolute Gasteiger partial charge is 0.496 e. The van der Waals surface area contributed by atoms with Gasteiger partial charge >= 0.3 is 12.0 Å². The van der Waals surface area contributed by atoms with Crippen LogP contribution in [0.15, 0.2) is 24.8 Å². The van der Waals surface area contributed by atoms with Crippen LogP contribution in [-0.4, -0.2) is 42.7 Å². The molecule has 0 saturated heterocycles. The van der Waals surface area contributed by atoms with Crippen molar-refractivity contribution in [2.75, 3.05) is 26.0 Å². The van der Waals surface area contributed by atoms with Crippen LogP contribution in [-0.2, 0) is 0 Å². The number of likely N-dealkylation sites (N-methyl/N-ethyl adjacent to an activating group) is 1. The highest BCUT2D eigenvalue weighted by molar-refractivity contribution is 6.34. The van der Waals surface area contributed by atoms with Gasteiger partial charge in [-0.25, -0.2) is 9.59 Å². The number of hydrogen-bond donors (Lipinski definition) is 2. The Morgan fingerprint density at radius 1 is 1.55 bits per heavy atom. The summed E-state index contributed by atoms with van der Waals surface area (Å²) in [5.74, 6) is -1.05. The fourth-order valence-electron chi connectivity index (χ4n) is 1.47. The lowest BCUT2D eigenvalue weighted by Gasteiger charge is -2.17. The van der Waals surface area contributed by atoms with Crippen molar-refractivity contribution in [3.63, 3.8) is 0 Å². The van der Waals surface area contributed by atoms with Crippen LogP contribution in [0.5, 0.6) is 5.75 Å². The van der Waals surface area contributed by atoms with Crippen LogP contribution in [0.4, 0.5) is 10.5 Å². The number of hydrogen-bond acceptors (Lipinski definition) is 3. The molecular formula is C13H15ClN2O4. The predicted molar refractivity (Wildman–Crippen MR) is 76.8 cm³/mol. The van der Waals surface area contributed by atoms with Gasteiger partial charge in [-0.1, -0.05) is 17.7 Å². The average Bonchev–Trinajstić information content (AvgIpc) is 2.40. The lowest BCUT2D eigenvalue weighted by atomic mass is 10.2. The van der Waals surface area contributed by atoms with Gasteiger partial charge in [0, 0.05) is 19.7 Å². The smallest absolute Gasteiger partial charge is 0.339 e. The molecule has 0 aliphatic rings. The quantitative estimate of drug-likeness (QED) is 0.819. The van der Waals surface area contributed by atoms with Gasteiger partial charge in [-0.05, 0) is 6.07 Å². The minimum Gasteiger partial charge on any atom is -0.496 e. The second-order valence-electron chi connectivity index (χ2n) is 3.94. The molecule has 0 aliphatic heterocycles. The lowest BCUT2D eigenvalue weighted by molar-refractivity contribution is 0.0693. The molecule has 0 aromatic heterocycles. The summed E-state index contributed by atoms with van der Waals surface area (Å²) in [6, 6.07) is 2.20. The number of nitrogens with one attached hydrogen (secondary N) is 1. The second kappa shape index (κ2) is 6.81. The van der Waals surface area contributed by atoms with Gasteiger partial charge in [-0.3, -0.25) is 0 Å². The Morgan fingerprint density at radius 3 is 2.70 bits per heavy atom. The molecule has 20 heavy (non-hydrogen) atoms. The molecule has 0 atom stereocenters. The third-order valence-electron chi connectivity index (χ3n) is 2.51. The number of urea groups is 1. The van der Waals surface area contributed by atoms with E-state index in [1.54, 1.807) is 13.1 Å². The van der Waals surface area contributed by atoms with E-state index >= 15 is 0 Å². The molecule has 2 N–H and O–H groups in total. The minimum atomic E-state index is -1.16. The third kappa shape index (κ3) is 3.64. The van der Waals surface area contributed by atoms with Crippen LogP contribution in [0.3, 0.4) is 0 Å². The summed E-state index contributed by atoms with van der Waals surface area (Å²) in [5, 5.41) is 11.7. The van der Waals surface area contributed by atoms with Crippen LogP contribution >= 0.6 is 11.6 Å². The molecule has 7 heteroatoms. The van der Waals surface area contributed by atoms with E-state index in [-0.39, 0.29) is 22.0 Å². The van der Waals surface area contributed by atoms with Crippen LogP contribution in [0.25, 0.3) is 0 Å².